The molecule has 0 aliphatic carbocycles. The Bertz CT molecular complexity index is 738. The molecular weight excluding hydrogens is 316 g/mol. The van der Waals surface area contributed by atoms with Crippen molar-refractivity contribution in [1.29, 1.82) is 0 Å². The van der Waals surface area contributed by atoms with Crippen LogP contribution in [0.3, 0.4) is 0 Å². The summed E-state index contributed by atoms with van der Waals surface area (Å²) >= 11 is 0. The van der Waals surface area contributed by atoms with Gasteiger partial charge in [-0.1, -0.05) is 17.7 Å². The van der Waals surface area contributed by atoms with Crippen molar-refractivity contribution in [1.82, 2.24) is 10.0 Å². The Morgan fingerprint density at radius 1 is 1.24 bits per heavy atom. The van der Waals surface area contributed by atoms with Gasteiger partial charge < -0.3 is 5.32 Å². The molecule has 0 spiro atoms. The minimum atomic E-state index is -3.96. The smallest absolute Gasteiger partial charge is 0.328 e. The lowest BCUT2D eigenvalue weighted by atomic mass is 10.2. The van der Waals surface area contributed by atoms with Crippen LogP contribution in [0, 0.1) is 6.92 Å². The van der Waals surface area contributed by atoms with E-state index in [1.54, 1.807) is 12.1 Å². The number of hydrogen-bond acceptors (Lipinski definition) is 5. The molecule has 1 aliphatic rings. The van der Waals surface area contributed by atoms with Crippen LogP contribution >= 0.6 is 0 Å². The molecule has 0 bridgehead atoms. The predicted octanol–water partition coefficient (Wildman–Crippen LogP) is 0.170. The Kier molecular flexibility index (Phi) is 4.24. The van der Waals surface area contributed by atoms with Crippen LogP contribution in [0.1, 0.15) is 12.0 Å². The number of nitrogens with one attached hydrogen (secondary N) is 2. The van der Waals surface area contributed by atoms with Gasteiger partial charge in [-0.05, 0) is 25.5 Å². The Morgan fingerprint density at radius 3 is 2.38 bits per heavy atom. The summed E-state index contributed by atoms with van der Waals surface area (Å²) in [7, 11) is -7.09. The summed E-state index contributed by atoms with van der Waals surface area (Å²) in [6.45, 7) is 1.82. The molecule has 7 nitrogen and oxygen atoms in total. The summed E-state index contributed by atoms with van der Waals surface area (Å²) < 4.78 is 48.3. The highest BCUT2D eigenvalue weighted by molar-refractivity contribution is 7.91. The van der Waals surface area contributed by atoms with Gasteiger partial charge in [0.1, 0.15) is 0 Å². The highest BCUT2D eigenvalue weighted by Crippen LogP contribution is 2.12. The van der Waals surface area contributed by atoms with Crippen LogP contribution in [0.25, 0.3) is 0 Å². The molecule has 2 N–H and O–H groups in total. The van der Waals surface area contributed by atoms with Crippen LogP contribution in [0.2, 0.25) is 0 Å². The van der Waals surface area contributed by atoms with Crippen molar-refractivity contribution in [2.24, 2.45) is 0 Å². The minimum absolute atomic E-state index is 0.00264. The van der Waals surface area contributed by atoms with E-state index in [9.17, 15) is 21.6 Å². The molecule has 9 heteroatoms. The van der Waals surface area contributed by atoms with Gasteiger partial charge in [-0.3, -0.25) is 0 Å². The number of carbonyl (C=O) groups is 1. The lowest BCUT2D eigenvalue weighted by Gasteiger charge is -2.12. The fourth-order valence-electron chi connectivity index (χ4n) is 2.02. The summed E-state index contributed by atoms with van der Waals surface area (Å²) in [6.07, 6.45) is 0.292. The molecule has 1 heterocycles. The number of hydrogen-bond donors (Lipinski definition) is 2. The predicted molar refractivity (Wildman–Crippen MR) is 77.1 cm³/mol. The SMILES string of the molecule is Cc1ccc(S(=O)(=O)NC(=O)N[C@H]2CCS(=O)(=O)C2)cc1. The van der Waals surface area contributed by atoms with E-state index in [4.69, 9.17) is 0 Å². The highest BCUT2D eigenvalue weighted by atomic mass is 32.2. The molecule has 0 saturated carbocycles. The molecule has 116 valence electrons. The van der Waals surface area contributed by atoms with Gasteiger partial charge in [0.2, 0.25) is 0 Å². The average molecular weight is 332 g/mol. The molecule has 1 aromatic carbocycles. The van der Waals surface area contributed by atoms with E-state index in [-0.39, 0.29) is 16.4 Å². The highest BCUT2D eigenvalue weighted by Gasteiger charge is 2.29. The number of sulfone groups is 1. The van der Waals surface area contributed by atoms with Gasteiger partial charge in [0, 0.05) is 6.04 Å². The van der Waals surface area contributed by atoms with Crippen LogP contribution in [-0.2, 0) is 19.9 Å². The summed E-state index contributed by atoms with van der Waals surface area (Å²) in [4.78, 5) is 11.6. The van der Waals surface area contributed by atoms with Crippen molar-refractivity contribution < 1.29 is 21.6 Å². The second kappa shape index (κ2) is 5.64. The quantitative estimate of drug-likeness (QED) is 0.820. The Hall–Kier alpha value is -1.61. The zero-order valence-corrected chi connectivity index (χ0v) is 13.0. The van der Waals surface area contributed by atoms with E-state index in [0.29, 0.717) is 6.42 Å². The number of benzene rings is 1. The Morgan fingerprint density at radius 2 is 1.86 bits per heavy atom. The first-order valence-corrected chi connectivity index (χ1v) is 9.59. The number of rotatable bonds is 3. The van der Waals surface area contributed by atoms with Gasteiger partial charge in [-0.25, -0.2) is 26.4 Å². The van der Waals surface area contributed by atoms with E-state index in [1.807, 2.05) is 11.6 Å². The Balaban J connectivity index is 2.00. The van der Waals surface area contributed by atoms with Gasteiger partial charge in [-0.15, -0.1) is 0 Å². The molecule has 2 amide bonds. The van der Waals surface area contributed by atoms with Crippen molar-refractivity contribution >= 4 is 25.9 Å². The summed E-state index contributed by atoms with van der Waals surface area (Å²) in [5.41, 5.74) is 0.898. The number of urea groups is 1. The number of aryl methyl sites for hydroxylation is 1. The molecule has 0 aromatic heterocycles. The first-order valence-electron chi connectivity index (χ1n) is 6.28. The maximum absolute atomic E-state index is 12.0. The first-order chi connectivity index (χ1) is 9.68. The number of carbonyl (C=O) groups excluding carboxylic acids is 1. The normalized spacial score (nSPS) is 20.9. The van der Waals surface area contributed by atoms with Crippen molar-refractivity contribution in [3.63, 3.8) is 0 Å². The maximum Gasteiger partial charge on any atom is 0.328 e. The van der Waals surface area contributed by atoms with E-state index in [0.717, 1.165) is 5.56 Å². The molecule has 1 atom stereocenters. The lowest BCUT2D eigenvalue weighted by Crippen LogP contribution is -2.44. The van der Waals surface area contributed by atoms with E-state index >= 15 is 0 Å². The largest absolute Gasteiger partial charge is 0.334 e. The van der Waals surface area contributed by atoms with Gasteiger partial charge in [0.25, 0.3) is 10.0 Å². The standard InChI is InChI=1S/C12H16N2O5S2/c1-9-2-4-11(5-3-9)21(18,19)14-12(15)13-10-6-7-20(16,17)8-10/h2-5,10H,6-8H2,1H3,(H2,13,14,15)/t10-/m0/s1. The number of sulfonamides is 1. The molecule has 1 saturated heterocycles. The van der Waals surface area contributed by atoms with Gasteiger partial charge >= 0.3 is 6.03 Å². The third-order valence-corrected chi connectivity index (χ3v) is 6.24. The second-order valence-electron chi connectivity index (χ2n) is 4.99. The van der Waals surface area contributed by atoms with E-state index in [2.05, 4.69) is 5.32 Å². The molecule has 1 fully saturated rings. The van der Waals surface area contributed by atoms with Crippen LogP contribution in [0.5, 0.6) is 0 Å². The summed E-state index contributed by atoms with van der Waals surface area (Å²) in [5.74, 6) is -0.159. The lowest BCUT2D eigenvalue weighted by molar-refractivity contribution is 0.243. The van der Waals surface area contributed by atoms with Gasteiger partial charge in [0.15, 0.2) is 9.84 Å². The van der Waals surface area contributed by atoms with Crippen molar-refractivity contribution in [2.45, 2.75) is 24.3 Å². The fourth-order valence-corrected chi connectivity index (χ4v) is 4.61. The van der Waals surface area contributed by atoms with Crippen LogP contribution in [0.4, 0.5) is 4.79 Å². The third-order valence-electron chi connectivity index (χ3n) is 3.13. The topological polar surface area (TPSA) is 109 Å². The zero-order chi connectivity index (χ0) is 15.7. The molecule has 2 rings (SSSR count). The van der Waals surface area contributed by atoms with Crippen LogP contribution < -0.4 is 10.0 Å². The van der Waals surface area contributed by atoms with E-state index < -0.39 is 31.9 Å². The molecule has 0 unspecified atom stereocenters. The molecule has 21 heavy (non-hydrogen) atoms. The monoisotopic (exact) mass is 332 g/mol. The first kappa shape index (κ1) is 15.8. The molecular formula is C12H16N2O5S2. The Labute approximate surface area is 123 Å². The fraction of sp³-hybridized carbons (Fsp3) is 0.417. The van der Waals surface area contributed by atoms with Crippen molar-refractivity contribution in [3.05, 3.63) is 29.8 Å². The van der Waals surface area contributed by atoms with Gasteiger partial charge in [-0.2, -0.15) is 0 Å². The van der Waals surface area contributed by atoms with Crippen LogP contribution in [0.15, 0.2) is 29.2 Å². The third kappa shape index (κ3) is 4.18. The summed E-state index contributed by atoms with van der Waals surface area (Å²) in [5, 5.41) is 2.36. The van der Waals surface area contributed by atoms with Crippen LogP contribution in [-0.4, -0.2) is 40.4 Å². The van der Waals surface area contributed by atoms with Crippen molar-refractivity contribution in [3.8, 4) is 0 Å². The average Bonchev–Trinajstić information content (AvgIpc) is 2.68. The molecule has 1 aliphatic heterocycles. The molecule has 1 aromatic rings. The van der Waals surface area contributed by atoms with Crippen molar-refractivity contribution in [2.75, 3.05) is 11.5 Å². The minimum Gasteiger partial charge on any atom is -0.334 e. The van der Waals surface area contributed by atoms with Gasteiger partial charge in [0.05, 0.1) is 16.4 Å². The molecule has 0 radical (unpaired) electrons. The maximum atomic E-state index is 12.0. The zero-order valence-electron chi connectivity index (χ0n) is 11.4. The summed E-state index contributed by atoms with van der Waals surface area (Å²) in [6, 6.07) is 4.56. The number of amides is 2. The van der Waals surface area contributed by atoms with E-state index in [1.165, 1.54) is 12.1 Å². The second-order valence-corrected chi connectivity index (χ2v) is 8.90.